The van der Waals surface area contributed by atoms with Gasteiger partial charge in [-0.1, -0.05) is 29.3 Å². The molecule has 210 valence electrons. The highest BCUT2D eigenvalue weighted by atomic mass is 35.5. The van der Waals surface area contributed by atoms with Gasteiger partial charge in [-0.2, -0.15) is 0 Å². The van der Waals surface area contributed by atoms with Crippen LogP contribution >= 0.6 is 23.2 Å². The number of halogens is 2. The molecule has 7 nitrogen and oxygen atoms in total. The first-order valence-electron chi connectivity index (χ1n) is 13.2. The van der Waals surface area contributed by atoms with Crippen molar-refractivity contribution >= 4 is 46.0 Å². The molecule has 0 saturated heterocycles. The van der Waals surface area contributed by atoms with E-state index in [2.05, 4.69) is 15.3 Å². The van der Waals surface area contributed by atoms with E-state index in [4.69, 9.17) is 27.9 Å². The number of nitrogens with one attached hydrogen (secondary N) is 2. The molecule has 0 amide bonds. The Balaban J connectivity index is 1.54. The van der Waals surface area contributed by atoms with Crippen LogP contribution in [0.3, 0.4) is 0 Å². The highest BCUT2D eigenvalue weighted by molar-refractivity contribution is 6.35. The maximum Gasteiger partial charge on any atom is 0.335 e. The summed E-state index contributed by atoms with van der Waals surface area (Å²) in [6.45, 7) is 6.58. The van der Waals surface area contributed by atoms with Crippen molar-refractivity contribution in [2.24, 2.45) is 5.92 Å². The summed E-state index contributed by atoms with van der Waals surface area (Å²) in [5, 5.41) is 14.8. The van der Waals surface area contributed by atoms with Gasteiger partial charge in [0.2, 0.25) is 0 Å². The summed E-state index contributed by atoms with van der Waals surface area (Å²) in [6.07, 6.45) is 5.44. The van der Waals surface area contributed by atoms with E-state index in [-0.39, 0.29) is 17.5 Å². The van der Waals surface area contributed by atoms with Gasteiger partial charge < -0.3 is 20.1 Å². The van der Waals surface area contributed by atoms with Gasteiger partial charge in [0, 0.05) is 51.1 Å². The van der Waals surface area contributed by atoms with Crippen LogP contribution in [0, 0.1) is 5.92 Å². The predicted molar refractivity (Wildman–Crippen MR) is 159 cm³/mol. The fourth-order valence-electron chi connectivity index (χ4n) is 4.65. The molecule has 2 heterocycles. The lowest BCUT2D eigenvalue weighted by atomic mass is 9.99. The molecular formula is C31H33Cl2N3O4. The molecule has 9 heteroatoms. The Morgan fingerprint density at radius 1 is 1.07 bits per heavy atom. The van der Waals surface area contributed by atoms with E-state index in [1.807, 2.05) is 51.2 Å². The van der Waals surface area contributed by atoms with Crippen molar-refractivity contribution in [3.63, 3.8) is 0 Å². The lowest BCUT2D eigenvalue weighted by molar-refractivity contribution is -0.160. The van der Waals surface area contributed by atoms with E-state index in [1.54, 1.807) is 30.5 Å². The second-order valence-corrected chi connectivity index (χ2v) is 11.7. The zero-order valence-corrected chi connectivity index (χ0v) is 24.3. The molecule has 1 atom stereocenters. The zero-order valence-electron chi connectivity index (χ0n) is 22.8. The van der Waals surface area contributed by atoms with Crippen molar-refractivity contribution in [1.82, 2.24) is 15.3 Å². The van der Waals surface area contributed by atoms with Crippen molar-refractivity contribution in [2.75, 3.05) is 13.1 Å². The minimum atomic E-state index is -0.992. The minimum Gasteiger partial charge on any atom is -0.478 e. The first-order chi connectivity index (χ1) is 19.0. The van der Waals surface area contributed by atoms with Gasteiger partial charge in [0.1, 0.15) is 5.60 Å². The molecule has 0 aliphatic heterocycles. The van der Waals surface area contributed by atoms with Crippen LogP contribution in [0.2, 0.25) is 10.0 Å². The van der Waals surface area contributed by atoms with E-state index < -0.39 is 11.6 Å². The third kappa shape index (κ3) is 7.84. The molecule has 4 rings (SSSR count). The number of aromatic nitrogens is 2. The van der Waals surface area contributed by atoms with Crippen LogP contribution < -0.4 is 5.32 Å². The summed E-state index contributed by atoms with van der Waals surface area (Å²) in [6, 6.07) is 14.2. The molecule has 0 saturated carbocycles. The third-order valence-electron chi connectivity index (χ3n) is 6.49. The van der Waals surface area contributed by atoms with Crippen LogP contribution in [0.1, 0.15) is 48.7 Å². The number of fused-ring (bicyclic) bond motifs is 1. The minimum absolute atomic E-state index is 0.205. The summed E-state index contributed by atoms with van der Waals surface area (Å²) >= 11 is 12.6. The fourth-order valence-corrected chi connectivity index (χ4v) is 5.18. The number of aromatic carboxylic acids is 1. The van der Waals surface area contributed by atoms with Crippen LogP contribution in [0.4, 0.5) is 0 Å². The van der Waals surface area contributed by atoms with E-state index in [0.717, 1.165) is 33.3 Å². The fraction of sp³-hybridized carbons (Fsp3) is 0.323. The van der Waals surface area contributed by atoms with Gasteiger partial charge in [-0.15, -0.1) is 0 Å². The summed E-state index contributed by atoms with van der Waals surface area (Å²) in [4.78, 5) is 32.3. The summed E-state index contributed by atoms with van der Waals surface area (Å²) in [5.74, 6) is -1.57. The van der Waals surface area contributed by atoms with Gasteiger partial charge in [0.05, 0.1) is 11.5 Å². The van der Waals surface area contributed by atoms with Crippen molar-refractivity contribution in [3.8, 4) is 11.3 Å². The molecule has 0 bridgehead atoms. The number of aromatic amines is 1. The Kier molecular flexibility index (Phi) is 9.51. The third-order valence-corrected chi connectivity index (χ3v) is 6.93. The maximum absolute atomic E-state index is 13.0. The standard InChI is InChI=1S/C31H33Cl2N3O4/c1-31(2,3)40-30(39)21(7-6-19-5-4-11-34-17-19)18-35-12-10-25-26-15-20(29(37)38)8-9-27(26)36-28(25)22-13-23(32)16-24(33)14-22/h4-5,8-9,11,13-17,21,35-36H,6-7,10,12,18H2,1-3H3,(H,37,38). The van der Waals surface area contributed by atoms with Crippen molar-refractivity contribution in [1.29, 1.82) is 0 Å². The maximum atomic E-state index is 13.0. The molecule has 0 aliphatic carbocycles. The first-order valence-corrected chi connectivity index (χ1v) is 13.9. The number of carbonyl (C=O) groups excluding carboxylic acids is 1. The lowest BCUT2D eigenvalue weighted by Gasteiger charge is -2.24. The molecule has 0 aliphatic rings. The number of carboxylic acid groups (broad SMARTS) is 1. The normalized spacial score (nSPS) is 12.4. The Morgan fingerprint density at radius 2 is 1.82 bits per heavy atom. The van der Waals surface area contributed by atoms with E-state index in [1.165, 1.54) is 0 Å². The number of aryl methyl sites for hydroxylation is 1. The van der Waals surface area contributed by atoms with Crippen LogP contribution in [0.5, 0.6) is 0 Å². The molecule has 0 spiro atoms. The average molecular weight is 583 g/mol. The molecule has 1 unspecified atom stereocenters. The van der Waals surface area contributed by atoms with Crippen molar-refractivity contribution in [2.45, 2.75) is 45.6 Å². The van der Waals surface area contributed by atoms with Gasteiger partial charge in [0.15, 0.2) is 0 Å². The Labute approximate surface area is 243 Å². The smallest absolute Gasteiger partial charge is 0.335 e. The molecule has 4 aromatic rings. The van der Waals surface area contributed by atoms with Gasteiger partial charge in [-0.25, -0.2) is 4.79 Å². The first kappa shape index (κ1) is 29.6. The van der Waals surface area contributed by atoms with Crippen LogP contribution in [0.25, 0.3) is 22.2 Å². The van der Waals surface area contributed by atoms with Crippen molar-refractivity contribution in [3.05, 3.63) is 87.7 Å². The number of rotatable bonds is 11. The highest BCUT2D eigenvalue weighted by Gasteiger charge is 2.25. The largest absolute Gasteiger partial charge is 0.478 e. The zero-order chi connectivity index (χ0) is 28.9. The molecule has 0 fully saturated rings. The van der Waals surface area contributed by atoms with Gasteiger partial charge in [-0.3, -0.25) is 9.78 Å². The average Bonchev–Trinajstić information content (AvgIpc) is 3.25. The number of ether oxygens (including phenoxy) is 1. The van der Waals surface area contributed by atoms with Crippen LogP contribution in [-0.2, 0) is 22.4 Å². The van der Waals surface area contributed by atoms with E-state index in [9.17, 15) is 14.7 Å². The molecule has 0 radical (unpaired) electrons. The highest BCUT2D eigenvalue weighted by Crippen LogP contribution is 2.34. The monoisotopic (exact) mass is 581 g/mol. The topological polar surface area (TPSA) is 104 Å². The number of nitrogens with zero attached hydrogens (tertiary/aromatic N) is 1. The number of carboxylic acids is 1. The predicted octanol–water partition coefficient (Wildman–Crippen LogP) is 6.96. The van der Waals surface area contributed by atoms with E-state index >= 15 is 0 Å². The number of hydrogen-bond donors (Lipinski definition) is 3. The quantitative estimate of drug-likeness (QED) is 0.131. The molecule has 2 aromatic heterocycles. The number of H-pyrrole nitrogens is 1. The lowest BCUT2D eigenvalue weighted by Crippen LogP contribution is -2.35. The Morgan fingerprint density at radius 3 is 2.48 bits per heavy atom. The van der Waals surface area contributed by atoms with Crippen LogP contribution in [0.15, 0.2) is 60.9 Å². The number of carbonyl (C=O) groups is 2. The van der Waals surface area contributed by atoms with Crippen LogP contribution in [-0.4, -0.2) is 45.7 Å². The number of pyridine rings is 1. The second-order valence-electron chi connectivity index (χ2n) is 10.8. The molecule has 3 N–H and O–H groups in total. The summed E-state index contributed by atoms with van der Waals surface area (Å²) in [7, 11) is 0. The Hall–Kier alpha value is -3.39. The van der Waals surface area contributed by atoms with E-state index in [0.29, 0.717) is 42.4 Å². The number of hydrogen-bond acceptors (Lipinski definition) is 5. The number of esters is 1. The Bertz CT molecular complexity index is 1480. The molecular weight excluding hydrogens is 549 g/mol. The molecule has 2 aromatic carbocycles. The number of benzene rings is 2. The second kappa shape index (κ2) is 12.9. The van der Waals surface area contributed by atoms with Gasteiger partial charge >= 0.3 is 11.9 Å². The summed E-state index contributed by atoms with van der Waals surface area (Å²) in [5.41, 5.74) is 4.07. The summed E-state index contributed by atoms with van der Waals surface area (Å²) < 4.78 is 5.70. The van der Waals surface area contributed by atoms with Gasteiger partial charge in [-0.05, 0) is 100 Å². The van der Waals surface area contributed by atoms with Crippen molar-refractivity contribution < 1.29 is 19.4 Å². The van der Waals surface area contributed by atoms with Gasteiger partial charge in [0.25, 0.3) is 0 Å². The SMILES string of the molecule is CC(C)(C)OC(=O)C(CCc1cccnc1)CNCCc1c(-c2cc(Cl)cc(Cl)c2)[nH]c2ccc(C(=O)O)cc12. The molecule has 40 heavy (non-hydrogen) atoms.